The van der Waals surface area contributed by atoms with Crippen molar-refractivity contribution < 1.29 is 14.3 Å². The van der Waals surface area contributed by atoms with E-state index in [1.54, 1.807) is 20.4 Å². The van der Waals surface area contributed by atoms with Crippen LogP contribution in [-0.2, 0) is 0 Å². The lowest BCUT2D eigenvalue weighted by Gasteiger charge is -2.54. The molecule has 7 rings (SSSR count). The summed E-state index contributed by atoms with van der Waals surface area (Å²) in [4.78, 5) is 18.3. The molecule has 3 aromatic rings. The molecule has 1 aromatic heterocycles. The maximum absolute atomic E-state index is 13.8. The molecule has 5 nitrogen and oxygen atoms in total. The first-order valence-corrected chi connectivity index (χ1v) is 13.2. The molecule has 0 radical (unpaired) electrons. The minimum Gasteiger partial charge on any atom is -0.497 e. The van der Waals surface area contributed by atoms with Crippen molar-refractivity contribution in [1.82, 2.24) is 10.3 Å². The Morgan fingerprint density at radius 2 is 1.33 bits per heavy atom. The molecule has 4 saturated carbocycles. The zero-order chi connectivity index (χ0) is 24.6. The van der Waals surface area contributed by atoms with Gasteiger partial charge >= 0.3 is 0 Å². The quantitative estimate of drug-likeness (QED) is 0.460. The average Bonchev–Trinajstić information content (AvgIpc) is 2.91. The predicted octanol–water partition coefficient (Wildman–Crippen LogP) is 5.83. The van der Waals surface area contributed by atoms with Gasteiger partial charge in [-0.1, -0.05) is 24.3 Å². The second-order valence-corrected chi connectivity index (χ2v) is 10.9. The molecule has 0 spiro atoms. The summed E-state index contributed by atoms with van der Waals surface area (Å²) in [7, 11) is 3.34. The number of pyridine rings is 1. The Balaban J connectivity index is 1.35. The molecular weight excluding hydrogens is 448 g/mol. The Kier molecular flexibility index (Phi) is 6.16. The monoisotopic (exact) mass is 482 g/mol. The van der Waals surface area contributed by atoms with Crippen molar-refractivity contribution in [3.63, 3.8) is 0 Å². The van der Waals surface area contributed by atoms with Gasteiger partial charge in [-0.15, -0.1) is 0 Å². The van der Waals surface area contributed by atoms with Crippen LogP contribution in [-0.4, -0.2) is 31.2 Å². The summed E-state index contributed by atoms with van der Waals surface area (Å²) in [5.41, 5.74) is 3.78. The standard InChI is InChI=1S/C31H34N2O3/c1-35-25-7-3-21(4-8-25)29(22-5-9-26(36-2)10-6-22)28-18-32-12-11-27(28)31(34)33-30-23-14-19-13-20(16-23)17-24(30)15-19/h3-12,18-20,23-24,29-30H,13-17H2,1-2H3,(H,33,34). The molecule has 4 aliphatic carbocycles. The number of carbonyl (C=O) groups excluding carboxylic acids is 1. The fourth-order valence-electron chi connectivity index (χ4n) is 7.38. The van der Waals surface area contributed by atoms with Crippen molar-refractivity contribution in [1.29, 1.82) is 0 Å². The van der Waals surface area contributed by atoms with Crippen molar-refractivity contribution in [3.8, 4) is 11.5 Å². The van der Waals surface area contributed by atoms with E-state index in [1.807, 2.05) is 36.5 Å². The largest absolute Gasteiger partial charge is 0.497 e. The van der Waals surface area contributed by atoms with E-state index in [9.17, 15) is 4.79 Å². The molecule has 0 atom stereocenters. The second-order valence-electron chi connectivity index (χ2n) is 10.9. The summed E-state index contributed by atoms with van der Waals surface area (Å²) in [6.07, 6.45) is 10.1. The average molecular weight is 483 g/mol. The highest BCUT2D eigenvalue weighted by Crippen LogP contribution is 2.53. The maximum Gasteiger partial charge on any atom is 0.251 e. The number of nitrogens with zero attached hydrogens (tertiary/aromatic N) is 1. The second kappa shape index (κ2) is 9.61. The van der Waals surface area contributed by atoms with Crippen LogP contribution in [0.1, 0.15) is 65.1 Å². The summed E-state index contributed by atoms with van der Waals surface area (Å²) in [6.45, 7) is 0. The van der Waals surface area contributed by atoms with E-state index in [0.717, 1.165) is 40.0 Å². The SMILES string of the molecule is COc1ccc(C(c2ccc(OC)cc2)c2cnccc2C(=O)NC2C3CC4CC(C3)CC2C4)cc1. The van der Waals surface area contributed by atoms with Crippen LogP contribution in [0.2, 0.25) is 0 Å². The first-order valence-electron chi connectivity index (χ1n) is 13.2. The molecule has 4 aliphatic rings. The van der Waals surface area contributed by atoms with Gasteiger partial charge in [0.25, 0.3) is 5.91 Å². The van der Waals surface area contributed by atoms with Crippen LogP contribution in [0.3, 0.4) is 0 Å². The molecule has 2 aromatic carbocycles. The van der Waals surface area contributed by atoms with Gasteiger partial charge in [0.15, 0.2) is 0 Å². The summed E-state index contributed by atoms with van der Waals surface area (Å²) in [5.74, 6) is 4.52. The lowest BCUT2D eigenvalue weighted by molar-refractivity contribution is -0.0119. The predicted molar refractivity (Wildman–Crippen MR) is 139 cm³/mol. The number of carbonyl (C=O) groups is 1. The van der Waals surface area contributed by atoms with Gasteiger partial charge in [-0.3, -0.25) is 9.78 Å². The molecular formula is C31H34N2O3. The van der Waals surface area contributed by atoms with Gasteiger partial charge in [0.05, 0.1) is 14.2 Å². The fraction of sp³-hybridized carbons (Fsp3) is 0.419. The minimum atomic E-state index is -0.144. The third-order valence-electron chi connectivity index (χ3n) is 8.83. The van der Waals surface area contributed by atoms with Crippen LogP contribution in [0.15, 0.2) is 67.0 Å². The van der Waals surface area contributed by atoms with Crippen LogP contribution < -0.4 is 14.8 Å². The highest BCUT2D eigenvalue weighted by molar-refractivity contribution is 5.96. The number of nitrogens with one attached hydrogen (secondary N) is 1. The molecule has 0 aliphatic heterocycles. The van der Waals surface area contributed by atoms with Gasteiger partial charge < -0.3 is 14.8 Å². The Hall–Kier alpha value is -3.34. The van der Waals surface area contributed by atoms with E-state index in [4.69, 9.17) is 9.47 Å². The lowest BCUT2D eigenvalue weighted by atomic mass is 9.54. The molecule has 4 bridgehead atoms. The first-order chi connectivity index (χ1) is 17.6. The van der Waals surface area contributed by atoms with Crippen LogP contribution in [0.4, 0.5) is 0 Å². The smallest absolute Gasteiger partial charge is 0.251 e. The summed E-state index contributed by atoms with van der Waals surface area (Å²) < 4.78 is 10.8. The Morgan fingerprint density at radius 3 is 1.83 bits per heavy atom. The van der Waals surface area contributed by atoms with Crippen molar-refractivity contribution >= 4 is 5.91 Å². The van der Waals surface area contributed by atoms with Crippen molar-refractivity contribution in [2.45, 2.75) is 44.1 Å². The third-order valence-corrected chi connectivity index (χ3v) is 8.83. The van der Waals surface area contributed by atoms with Crippen LogP contribution >= 0.6 is 0 Å². The van der Waals surface area contributed by atoms with Gasteiger partial charge in [-0.2, -0.15) is 0 Å². The number of ether oxygens (including phenoxy) is 2. The first kappa shape index (κ1) is 23.1. The number of hydrogen-bond donors (Lipinski definition) is 1. The van der Waals surface area contributed by atoms with E-state index >= 15 is 0 Å². The van der Waals surface area contributed by atoms with Crippen molar-refractivity contribution in [3.05, 3.63) is 89.2 Å². The topological polar surface area (TPSA) is 60.5 Å². The van der Waals surface area contributed by atoms with E-state index in [-0.39, 0.29) is 11.8 Å². The summed E-state index contributed by atoms with van der Waals surface area (Å²) in [5, 5.41) is 3.51. The zero-order valence-corrected chi connectivity index (χ0v) is 21.0. The summed E-state index contributed by atoms with van der Waals surface area (Å²) in [6, 6.07) is 18.3. The summed E-state index contributed by atoms with van der Waals surface area (Å²) >= 11 is 0. The fourth-order valence-corrected chi connectivity index (χ4v) is 7.38. The maximum atomic E-state index is 13.8. The molecule has 0 unspecified atom stereocenters. The lowest BCUT2D eigenvalue weighted by Crippen LogP contribution is -2.55. The Bertz CT molecular complexity index is 1150. The van der Waals surface area contributed by atoms with Crippen LogP contribution in [0, 0.1) is 23.7 Å². The molecule has 4 fully saturated rings. The number of aromatic nitrogens is 1. The molecule has 1 amide bonds. The molecule has 1 N–H and O–H groups in total. The molecule has 5 heteroatoms. The highest BCUT2D eigenvalue weighted by atomic mass is 16.5. The number of rotatable bonds is 7. The van der Waals surface area contributed by atoms with E-state index < -0.39 is 0 Å². The Morgan fingerprint density at radius 1 is 0.806 bits per heavy atom. The number of methoxy groups -OCH3 is 2. The normalized spacial score (nSPS) is 26.1. The van der Waals surface area contributed by atoms with E-state index in [1.165, 1.54) is 32.1 Å². The van der Waals surface area contributed by atoms with Crippen LogP contribution in [0.25, 0.3) is 0 Å². The Labute approximate surface area is 213 Å². The third kappa shape index (κ3) is 4.25. The molecule has 1 heterocycles. The van der Waals surface area contributed by atoms with Gasteiger partial charge in [-0.25, -0.2) is 0 Å². The van der Waals surface area contributed by atoms with Gasteiger partial charge in [0.1, 0.15) is 11.5 Å². The minimum absolute atomic E-state index is 0.0249. The van der Waals surface area contributed by atoms with Gasteiger partial charge in [-0.05, 0) is 103 Å². The number of amides is 1. The molecule has 186 valence electrons. The van der Waals surface area contributed by atoms with Crippen LogP contribution in [0.5, 0.6) is 11.5 Å². The number of hydrogen-bond acceptors (Lipinski definition) is 4. The molecule has 0 saturated heterocycles. The zero-order valence-electron chi connectivity index (χ0n) is 21.0. The van der Waals surface area contributed by atoms with E-state index in [0.29, 0.717) is 23.4 Å². The van der Waals surface area contributed by atoms with Crippen molar-refractivity contribution in [2.75, 3.05) is 14.2 Å². The van der Waals surface area contributed by atoms with Gasteiger partial charge in [0.2, 0.25) is 0 Å². The highest BCUT2D eigenvalue weighted by Gasteiger charge is 2.48. The van der Waals surface area contributed by atoms with Crippen molar-refractivity contribution in [2.24, 2.45) is 23.7 Å². The van der Waals surface area contributed by atoms with E-state index in [2.05, 4.69) is 34.6 Å². The van der Waals surface area contributed by atoms with Gasteiger partial charge in [0, 0.05) is 29.9 Å². The number of benzene rings is 2. The molecule has 36 heavy (non-hydrogen) atoms.